The Labute approximate surface area is 154 Å². The molecule has 0 saturated carbocycles. The Kier molecular flexibility index (Phi) is 4.86. The molecule has 0 N–H and O–H groups in total. The van der Waals surface area contributed by atoms with Crippen LogP contribution in [0.2, 0.25) is 0 Å². The van der Waals surface area contributed by atoms with Gasteiger partial charge in [-0.2, -0.15) is 0 Å². The van der Waals surface area contributed by atoms with Crippen molar-refractivity contribution in [3.8, 4) is 17.1 Å². The van der Waals surface area contributed by atoms with Crippen LogP contribution in [0, 0.1) is 0 Å². The molecule has 1 aromatic carbocycles. The molecular weight excluding hydrogens is 352 g/mol. The fourth-order valence-corrected chi connectivity index (χ4v) is 3.57. The van der Waals surface area contributed by atoms with E-state index in [1.165, 1.54) is 23.4 Å². The van der Waals surface area contributed by atoms with Gasteiger partial charge in [0.25, 0.3) is 5.56 Å². The summed E-state index contributed by atoms with van der Waals surface area (Å²) in [7, 11) is 4.64. The zero-order valence-electron chi connectivity index (χ0n) is 15.3. The fourth-order valence-electron chi connectivity index (χ4n) is 2.69. The molecule has 3 aromatic rings. The molecular formula is C18H20N4O3S. The van der Waals surface area contributed by atoms with E-state index < -0.39 is 11.2 Å². The molecule has 0 amide bonds. The minimum atomic E-state index is -0.423. The third-order valence-electron chi connectivity index (χ3n) is 3.96. The summed E-state index contributed by atoms with van der Waals surface area (Å²) in [5.74, 6) is 1.04. The van der Waals surface area contributed by atoms with Crippen molar-refractivity contribution in [1.82, 2.24) is 19.1 Å². The van der Waals surface area contributed by atoms with Gasteiger partial charge in [0.05, 0.1) is 12.7 Å². The first-order chi connectivity index (χ1) is 12.3. The summed E-state index contributed by atoms with van der Waals surface area (Å²) >= 11 is 1.47. The van der Waals surface area contributed by atoms with Gasteiger partial charge in [0.1, 0.15) is 16.2 Å². The lowest BCUT2D eigenvalue weighted by Gasteiger charge is -2.14. The molecule has 7 nitrogen and oxygen atoms in total. The summed E-state index contributed by atoms with van der Waals surface area (Å²) < 4.78 is 7.87. The Bertz CT molecular complexity index is 1100. The van der Waals surface area contributed by atoms with E-state index in [0.717, 1.165) is 4.57 Å². The first kappa shape index (κ1) is 18.2. The summed E-state index contributed by atoms with van der Waals surface area (Å²) in [5.41, 5.74) is 0.207. The van der Waals surface area contributed by atoms with Gasteiger partial charge in [-0.25, -0.2) is 14.8 Å². The summed E-state index contributed by atoms with van der Waals surface area (Å²) in [5, 5.41) is 1.12. The number of rotatable bonds is 4. The number of hydrogen-bond acceptors (Lipinski definition) is 6. The number of benzene rings is 1. The Morgan fingerprint density at radius 1 is 1.08 bits per heavy atom. The van der Waals surface area contributed by atoms with Gasteiger partial charge in [0, 0.05) is 19.3 Å². The highest BCUT2D eigenvalue weighted by Crippen LogP contribution is 2.32. The summed E-state index contributed by atoms with van der Waals surface area (Å²) in [6.45, 7) is 4.04. The van der Waals surface area contributed by atoms with Crippen molar-refractivity contribution >= 4 is 22.8 Å². The minimum absolute atomic E-state index is 0.209. The maximum atomic E-state index is 12.7. The van der Waals surface area contributed by atoms with Crippen LogP contribution in [0.15, 0.2) is 38.9 Å². The molecule has 0 aliphatic heterocycles. The molecule has 0 aliphatic rings. The third kappa shape index (κ3) is 3.01. The maximum Gasteiger partial charge on any atom is 0.332 e. The van der Waals surface area contributed by atoms with Crippen LogP contribution in [0.3, 0.4) is 0 Å². The molecule has 0 atom stereocenters. The second-order valence-electron chi connectivity index (χ2n) is 6.12. The SMILES string of the molecule is COc1ccccc1-c1nc(SC(C)C)c2c(=O)n(C)c(=O)n(C)c2n1. The summed E-state index contributed by atoms with van der Waals surface area (Å²) in [4.78, 5) is 34.2. The predicted octanol–water partition coefficient (Wildman–Crippen LogP) is 2.20. The van der Waals surface area contributed by atoms with Gasteiger partial charge in [0.2, 0.25) is 0 Å². The summed E-state index contributed by atoms with van der Waals surface area (Å²) in [6, 6.07) is 7.40. The Hall–Kier alpha value is -2.61. The standard InChI is InChI=1S/C18H20N4O3S/c1-10(2)26-16-13-15(21(3)18(24)22(4)17(13)23)19-14(20-16)11-8-6-7-9-12(11)25-5/h6-10H,1-5H3. The Morgan fingerprint density at radius 3 is 2.42 bits per heavy atom. The van der Waals surface area contributed by atoms with Crippen molar-refractivity contribution in [3.63, 3.8) is 0 Å². The van der Waals surface area contributed by atoms with E-state index in [9.17, 15) is 9.59 Å². The Morgan fingerprint density at radius 2 is 1.77 bits per heavy atom. The van der Waals surface area contributed by atoms with Crippen LogP contribution in [0.5, 0.6) is 5.75 Å². The van der Waals surface area contributed by atoms with Gasteiger partial charge in [-0.3, -0.25) is 13.9 Å². The van der Waals surface area contributed by atoms with Gasteiger partial charge in [0.15, 0.2) is 11.5 Å². The largest absolute Gasteiger partial charge is 0.496 e. The van der Waals surface area contributed by atoms with Crippen molar-refractivity contribution < 1.29 is 4.74 Å². The average molecular weight is 372 g/mol. The van der Waals surface area contributed by atoms with Crippen LogP contribution in [-0.4, -0.2) is 31.5 Å². The molecule has 0 radical (unpaired) electrons. The van der Waals surface area contributed by atoms with Gasteiger partial charge in [-0.15, -0.1) is 11.8 Å². The zero-order valence-corrected chi connectivity index (χ0v) is 16.1. The van der Waals surface area contributed by atoms with E-state index in [4.69, 9.17) is 4.74 Å². The molecule has 2 heterocycles. The number of ether oxygens (including phenoxy) is 1. The minimum Gasteiger partial charge on any atom is -0.496 e. The Balaban J connectivity index is 2.45. The molecule has 0 aliphatic carbocycles. The highest BCUT2D eigenvalue weighted by Gasteiger charge is 2.20. The van der Waals surface area contributed by atoms with Gasteiger partial charge in [-0.1, -0.05) is 26.0 Å². The van der Waals surface area contributed by atoms with Gasteiger partial charge >= 0.3 is 5.69 Å². The van der Waals surface area contributed by atoms with Crippen LogP contribution in [-0.2, 0) is 14.1 Å². The first-order valence-corrected chi connectivity index (χ1v) is 9.01. The number of nitrogens with zero attached hydrogens (tertiary/aromatic N) is 4. The van der Waals surface area contributed by atoms with Crippen LogP contribution < -0.4 is 16.0 Å². The molecule has 26 heavy (non-hydrogen) atoms. The molecule has 0 saturated heterocycles. The molecule has 136 valence electrons. The normalized spacial score (nSPS) is 11.3. The fraction of sp³-hybridized carbons (Fsp3) is 0.333. The van der Waals surface area contributed by atoms with E-state index >= 15 is 0 Å². The van der Waals surface area contributed by atoms with Crippen molar-refractivity contribution in [3.05, 3.63) is 45.1 Å². The molecule has 3 rings (SSSR count). The molecule has 8 heteroatoms. The highest BCUT2D eigenvalue weighted by atomic mass is 32.2. The van der Waals surface area contributed by atoms with E-state index in [0.29, 0.717) is 33.2 Å². The zero-order chi connectivity index (χ0) is 19.0. The van der Waals surface area contributed by atoms with Crippen LogP contribution >= 0.6 is 11.8 Å². The van der Waals surface area contributed by atoms with E-state index in [1.54, 1.807) is 14.2 Å². The topological polar surface area (TPSA) is 79.0 Å². The number of thioether (sulfide) groups is 1. The van der Waals surface area contributed by atoms with Gasteiger partial charge < -0.3 is 4.74 Å². The maximum absolute atomic E-state index is 12.7. The lowest BCUT2D eigenvalue weighted by Crippen LogP contribution is -2.37. The second kappa shape index (κ2) is 6.95. The lowest BCUT2D eigenvalue weighted by molar-refractivity contribution is 0.416. The predicted molar refractivity (Wildman–Crippen MR) is 103 cm³/mol. The monoisotopic (exact) mass is 372 g/mol. The lowest BCUT2D eigenvalue weighted by atomic mass is 10.2. The number of hydrogen-bond donors (Lipinski definition) is 0. The van der Waals surface area contributed by atoms with Crippen LogP contribution in [0.1, 0.15) is 13.8 Å². The van der Waals surface area contributed by atoms with Crippen molar-refractivity contribution in [1.29, 1.82) is 0 Å². The highest BCUT2D eigenvalue weighted by molar-refractivity contribution is 8.00. The van der Waals surface area contributed by atoms with E-state index in [2.05, 4.69) is 9.97 Å². The van der Waals surface area contributed by atoms with Crippen LogP contribution in [0.25, 0.3) is 22.4 Å². The number of aryl methyl sites for hydroxylation is 1. The molecule has 0 bridgehead atoms. The first-order valence-electron chi connectivity index (χ1n) is 8.13. The quantitative estimate of drug-likeness (QED) is 0.516. The number of para-hydroxylation sites is 1. The van der Waals surface area contributed by atoms with Crippen molar-refractivity contribution in [2.45, 2.75) is 24.1 Å². The molecule has 2 aromatic heterocycles. The summed E-state index contributed by atoms with van der Waals surface area (Å²) in [6.07, 6.45) is 0. The van der Waals surface area contributed by atoms with E-state index in [-0.39, 0.29) is 5.25 Å². The number of aromatic nitrogens is 4. The smallest absolute Gasteiger partial charge is 0.332 e. The van der Waals surface area contributed by atoms with Crippen molar-refractivity contribution in [2.75, 3.05) is 7.11 Å². The second-order valence-corrected chi connectivity index (χ2v) is 7.69. The number of fused-ring (bicyclic) bond motifs is 1. The molecule has 0 fully saturated rings. The van der Waals surface area contributed by atoms with Gasteiger partial charge in [-0.05, 0) is 12.1 Å². The molecule has 0 unspecified atom stereocenters. The van der Waals surface area contributed by atoms with Crippen LogP contribution in [0.4, 0.5) is 0 Å². The van der Waals surface area contributed by atoms with Crippen molar-refractivity contribution in [2.24, 2.45) is 14.1 Å². The third-order valence-corrected chi connectivity index (χ3v) is 4.95. The molecule has 0 spiro atoms. The average Bonchev–Trinajstić information content (AvgIpc) is 2.63. The van der Waals surface area contributed by atoms with E-state index in [1.807, 2.05) is 38.1 Å². The number of methoxy groups -OCH3 is 1.